The van der Waals surface area contributed by atoms with Crippen molar-refractivity contribution in [3.8, 4) is 0 Å². The summed E-state index contributed by atoms with van der Waals surface area (Å²) < 4.78 is 0. The Morgan fingerprint density at radius 1 is 1.35 bits per heavy atom. The van der Waals surface area contributed by atoms with Gasteiger partial charge in [-0.3, -0.25) is 5.43 Å². The number of aromatic nitrogens is 1. The molecule has 0 amide bonds. The van der Waals surface area contributed by atoms with E-state index in [1.807, 2.05) is 25.3 Å². The van der Waals surface area contributed by atoms with Crippen LogP contribution in [0.2, 0.25) is 0 Å². The summed E-state index contributed by atoms with van der Waals surface area (Å²) in [5, 5.41) is 15.9. The zero-order valence-corrected chi connectivity index (χ0v) is 12.3. The molecule has 0 unspecified atom stereocenters. The number of carboxylic acid groups (broad SMARTS) is 1. The number of hydrogen-bond donors (Lipinski definition) is 2. The summed E-state index contributed by atoms with van der Waals surface area (Å²) in [7, 11) is 0. The molecule has 0 saturated heterocycles. The third kappa shape index (κ3) is 3.21. The molecule has 0 atom stereocenters. The Labute approximate surface area is 121 Å². The molecular weight excluding hydrogens is 274 g/mol. The normalized spacial score (nSPS) is 10.9. The van der Waals surface area contributed by atoms with E-state index in [1.165, 1.54) is 11.3 Å². The van der Waals surface area contributed by atoms with Gasteiger partial charge in [0.15, 0.2) is 0 Å². The highest BCUT2D eigenvalue weighted by Gasteiger charge is 2.09. The molecule has 0 radical (unpaired) electrons. The molecule has 6 heteroatoms. The lowest BCUT2D eigenvalue weighted by Gasteiger charge is -2.06. The van der Waals surface area contributed by atoms with Gasteiger partial charge < -0.3 is 5.11 Å². The maximum atomic E-state index is 11.1. The first-order valence-electron chi connectivity index (χ1n) is 6.03. The fourth-order valence-electron chi connectivity index (χ4n) is 1.80. The minimum atomic E-state index is -0.930. The predicted octanol–water partition coefficient (Wildman–Crippen LogP) is 3.21. The molecule has 0 saturated carbocycles. The highest BCUT2D eigenvalue weighted by atomic mass is 32.1. The summed E-state index contributed by atoms with van der Waals surface area (Å²) in [6.07, 6.45) is 1.61. The van der Waals surface area contributed by atoms with E-state index < -0.39 is 5.97 Å². The van der Waals surface area contributed by atoms with Crippen molar-refractivity contribution in [2.24, 2.45) is 5.10 Å². The number of nitrogens with one attached hydrogen (secondary N) is 1. The summed E-state index contributed by atoms with van der Waals surface area (Å²) in [6, 6.07) is 3.48. The van der Waals surface area contributed by atoms with Gasteiger partial charge in [0.05, 0.1) is 17.5 Å². The highest BCUT2D eigenvalue weighted by Crippen LogP contribution is 2.16. The number of aromatic carboxylic acids is 1. The number of carbonyl (C=O) groups is 1. The fraction of sp³-hybridized carbons (Fsp3) is 0.214. The summed E-state index contributed by atoms with van der Waals surface area (Å²) in [5.74, 6) is -0.930. The van der Waals surface area contributed by atoms with Crippen LogP contribution in [0.1, 0.15) is 32.7 Å². The van der Waals surface area contributed by atoms with Crippen molar-refractivity contribution in [3.63, 3.8) is 0 Å². The van der Waals surface area contributed by atoms with Crippen molar-refractivity contribution < 1.29 is 9.90 Å². The van der Waals surface area contributed by atoms with Crippen LogP contribution in [0.5, 0.6) is 0 Å². The summed E-state index contributed by atoms with van der Waals surface area (Å²) in [6.45, 7) is 5.62. The highest BCUT2D eigenvalue weighted by molar-refractivity contribution is 7.13. The SMILES string of the molecule is Cc1csc(NN=Cc2cc(C(=O)O)c(C)cc2C)n1. The lowest BCUT2D eigenvalue weighted by atomic mass is 10.0. The molecule has 0 bridgehead atoms. The predicted molar refractivity (Wildman–Crippen MR) is 80.9 cm³/mol. The van der Waals surface area contributed by atoms with Crippen LogP contribution in [0, 0.1) is 20.8 Å². The van der Waals surface area contributed by atoms with Crippen LogP contribution in [0.4, 0.5) is 5.13 Å². The maximum Gasteiger partial charge on any atom is 0.335 e. The molecule has 0 aliphatic rings. The second kappa shape index (κ2) is 5.83. The van der Waals surface area contributed by atoms with Crippen LogP contribution < -0.4 is 5.43 Å². The Bertz CT molecular complexity index is 677. The Kier molecular flexibility index (Phi) is 4.14. The molecule has 20 heavy (non-hydrogen) atoms. The monoisotopic (exact) mass is 289 g/mol. The van der Waals surface area contributed by atoms with Crippen LogP contribution in [0.15, 0.2) is 22.6 Å². The number of hydrazone groups is 1. The molecule has 5 nitrogen and oxygen atoms in total. The average Bonchev–Trinajstić information content (AvgIpc) is 2.77. The number of carboxylic acids is 1. The summed E-state index contributed by atoms with van der Waals surface area (Å²) >= 11 is 1.47. The van der Waals surface area contributed by atoms with E-state index in [0.29, 0.717) is 10.7 Å². The zero-order chi connectivity index (χ0) is 14.7. The first-order valence-corrected chi connectivity index (χ1v) is 6.91. The van der Waals surface area contributed by atoms with E-state index in [-0.39, 0.29) is 0 Å². The van der Waals surface area contributed by atoms with Crippen molar-refractivity contribution in [3.05, 3.63) is 45.5 Å². The summed E-state index contributed by atoms with van der Waals surface area (Å²) in [4.78, 5) is 15.3. The standard InChI is InChI=1S/C14H15N3O2S/c1-8-4-9(2)12(13(18)19)5-11(8)6-15-17-14-16-10(3)7-20-14/h4-7H,1-3H3,(H,16,17)(H,18,19). The van der Waals surface area contributed by atoms with Crippen molar-refractivity contribution in [2.75, 3.05) is 5.43 Å². The van der Waals surface area contributed by atoms with E-state index in [4.69, 9.17) is 5.11 Å². The van der Waals surface area contributed by atoms with Gasteiger partial charge in [0.25, 0.3) is 0 Å². The number of anilines is 1. The van der Waals surface area contributed by atoms with Gasteiger partial charge in [-0.25, -0.2) is 9.78 Å². The third-order valence-corrected chi connectivity index (χ3v) is 3.69. The van der Waals surface area contributed by atoms with Crippen molar-refractivity contribution in [2.45, 2.75) is 20.8 Å². The van der Waals surface area contributed by atoms with Gasteiger partial charge in [0, 0.05) is 5.38 Å². The van der Waals surface area contributed by atoms with Gasteiger partial charge in [0.1, 0.15) is 0 Å². The van der Waals surface area contributed by atoms with Gasteiger partial charge in [-0.05, 0) is 43.5 Å². The average molecular weight is 289 g/mol. The minimum Gasteiger partial charge on any atom is -0.478 e. The van der Waals surface area contributed by atoms with Gasteiger partial charge >= 0.3 is 5.97 Å². The van der Waals surface area contributed by atoms with Crippen molar-refractivity contribution in [1.29, 1.82) is 0 Å². The molecular formula is C14H15N3O2S. The molecule has 104 valence electrons. The first-order chi connectivity index (χ1) is 9.47. The fourth-order valence-corrected chi connectivity index (χ4v) is 2.44. The largest absolute Gasteiger partial charge is 0.478 e. The van der Waals surface area contributed by atoms with Crippen LogP contribution in [0.25, 0.3) is 0 Å². The number of aryl methyl sites for hydroxylation is 3. The number of nitrogens with zero attached hydrogens (tertiary/aromatic N) is 2. The van der Waals surface area contributed by atoms with Crippen molar-refractivity contribution >= 4 is 28.7 Å². The number of rotatable bonds is 4. The maximum absolute atomic E-state index is 11.1. The molecule has 0 aliphatic carbocycles. The Morgan fingerprint density at radius 2 is 2.10 bits per heavy atom. The van der Waals surface area contributed by atoms with Crippen LogP contribution >= 0.6 is 11.3 Å². The molecule has 2 N–H and O–H groups in total. The number of benzene rings is 1. The minimum absolute atomic E-state index is 0.294. The van der Waals surface area contributed by atoms with Gasteiger partial charge in [-0.15, -0.1) is 11.3 Å². The second-order valence-electron chi connectivity index (χ2n) is 4.49. The number of thiazole rings is 1. The van der Waals surface area contributed by atoms with Gasteiger partial charge in [0.2, 0.25) is 5.13 Å². The Balaban J connectivity index is 2.20. The van der Waals surface area contributed by atoms with Crippen LogP contribution in [0.3, 0.4) is 0 Å². The van der Waals surface area contributed by atoms with E-state index in [2.05, 4.69) is 15.5 Å². The molecule has 0 fully saturated rings. The summed E-state index contributed by atoms with van der Waals surface area (Å²) in [5.41, 5.74) is 6.56. The van der Waals surface area contributed by atoms with Crippen LogP contribution in [-0.2, 0) is 0 Å². The van der Waals surface area contributed by atoms with E-state index >= 15 is 0 Å². The van der Waals surface area contributed by atoms with E-state index in [1.54, 1.807) is 19.2 Å². The van der Waals surface area contributed by atoms with Crippen LogP contribution in [-0.4, -0.2) is 22.3 Å². The molecule has 1 heterocycles. The van der Waals surface area contributed by atoms with E-state index in [0.717, 1.165) is 22.4 Å². The second-order valence-corrected chi connectivity index (χ2v) is 5.35. The molecule has 2 rings (SSSR count). The third-order valence-electron chi connectivity index (χ3n) is 2.83. The molecule has 0 spiro atoms. The van der Waals surface area contributed by atoms with E-state index in [9.17, 15) is 4.79 Å². The Morgan fingerprint density at radius 3 is 2.70 bits per heavy atom. The topological polar surface area (TPSA) is 74.6 Å². The van der Waals surface area contributed by atoms with Gasteiger partial charge in [-0.2, -0.15) is 5.10 Å². The zero-order valence-electron chi connectivity index (χ0n) is 11.5. The molecule has 0 aliphatic heterocycles. The smallest absolute Gasteiger partial charge is 0.335 e. The Hall–Kier alpha value is -2.21. The van der Waals surface area contributed by atoms with Gasteiger partial charge in [-0.1, -0.05) is 6.07 Å². The molecule has 1 aromatic heterocycles. The lowest BCUT2D eigenvalue weighted by Crippen LogP contribution is -2.03. The molecule has 2 aromatic rings. The van der Waals surface area contributed by atoms with Crippen molar-refractivity contribution in [1.82, 2.24) is 4.98 Å². The number of hydrogen-bond acceptors (Lipinski definition) is 5. The first kappa shape index (κ1) is 14.2. The quantitative estimate of drug-likeness (QED) is 0.669. The lowest BCUT2D eigenvalue weighted by molar-refractivity contribution is 0.0696. The molecule has 1 aromatic carbocycles.